The molecule has 0 saturated carbocycles. The summed E-state index contributed by atoms with van der Waals surface area (Å²) in [7, 11) is 0. The minimum atomic E-state index is 0.0254. The second-order valence-electron chi connectivity index (χ2n) is 1.08. The Kier molecular flexibility index (Phi) is 4.61. The quantitative estimate of drug-likeness (QED) is 0.205. The largest absolute Gasteiger partial charge is 0.464 e. The highest BCUT2D eigenvalue weighted by Gasteiger charge is 1.87. The van der Waals surface area contributed by atoms with Crippen molar-refractivity contribution in [2.45, 2.75) is 0 Å². The molecule has 0 saturated heterocycles. The van der Waals surface area contributed by atoms with E-state index in [2.05, 4.69) is 35.0 Å². The molecule has 50 valence electrons. The monoisotopic (exact) mass is 145 g/mol. The predicted molar refractivity (Wildman–Crippen MR) is 37.8 cm³/mol. The first-order chi connectivity index (χ1) is 4.31. The Labute approximate surface area is 58.4 Å². The molecule has 4 nitrogen and oxygen atoms in total. The zero-order chi connectivity index (χ0) is 7.11. The Morgan fingerprint density at radius 3 is 3.00 bits per heavy atom. The van der Waals surface area contributed by atoms with E-state index in [1.165, 1.54) is 0 Å². The van der Waals surface area contributed by atoms with Crippen LogP contribution in [-0.2, 0) is 4.74 Å². The zero-order valence-corrected chi connectivity index (χ0v) is 5.60. The van der Waals surface area contributed by atoms with Gasteiger partial charge in [0.05, 0.1) is 0 Å². The molecule has 0 bridgehead atoms. The molecule has 0 spiro atoms. The van der Waals surface area contributed by atoms with Crippen LogP contribution in [0.15, 0.2) is 23.0 Å². The third kappa shape index (κ3) is 4.89. The number of rotatable bonds is 2. The van der Waals surface area contributed by atoms with Crippen molar-refractivity contribution in [3.05, 3.63) is 12.7 Å². The van der Waals surface area contributed by atoms with Crippen LogP contribution >= 0.6 is 12.2 Å². The average Bonchev–Trinajstić information content (AvgIpc) is 1.85. The number of hydrogen-bond donors (Lipinski definition) is 1. The van der Waals surface area contributed by atoms with Crippen molar-refractivity contribution >= 4 is 17.4 Å². The van der Waals surface area contributed by atoms with Gasteiger partial charge in [-0.1, -0.05) is 23.0 Å². The van der Waals surface area contributed by atoms with Crippen molar-refractivity contribution in [3.8, 4) is 0 Å². The van der Waals surface area contributed by atoms with Gasteiger partial charge >= 0.3 is 5.17 Å². The van der Waals surface area contributed by atoms with Gasteiger partial charge in [0.15, 0.2) is 0 Å². The second kappa shape index (κ2) is 5.17. The van der Waals surface area contributed by atoms with E-state index >= 15 is 0 Å². The molecule has 0 heterocycles. The molecule has 0 unspecified atom stereocenters. The minimum absolute atomic E-state index is 0.0254. The van der Waals surface area contributed by atoms with Gasteiger partial charge in [-0.2, -0.15) is 0 Å². The highest BCUT2D eigenvalue weighted by molar-refractivity contribution is 7.80. The van der Waals surface area contributed by atoms with Gasteiger partial charge in [0.25, 0.3) is 0 Å². The van der Waals surface area contributed by atoms with Crippen LogP contribution in [0.25, 0.3) is 0 Å². The SMILES string of the molecule is C=CCOC(=S)N=NN. The fraction of sp³-hybridized carbons (Fsp3) is 0.250. The number of hydrogen-bond acceptors (Lipinski definition) is 3. The van der Waals surface area contributed by atoms with Crippen LogP contribution < -0.4 is 5.84 Å². The lowest BCUT2D eigenvalue weighted by Crippen LogP contribution is -1.97. The zero-order valence-electron chi connectivity index (χ0n) is 4.78. The normalized spacial score (nSPS) is 9.33. The Bertz CT molecular complexity index is 134. The maximum atomic E-state index is 4.70. The van der Waals surface area contributed by atoms with E-state index in [1.54, 1.807) is 6.08 Å². The molecule has 9 heavy (non-hydrogen) atoms. The predicted octanol–water partition coefficient (Wildman–Crippen LogP) is 0.800. The van der Waals surface area contributed by atoms with Gasteiger partial charge in [0, 0.05) is 0 Å². The topological polar surface area (TPSA) is 60.0 Å². The number of thiocarbonyl (C=S) groups is 1. The highest BCUT2D eigenvalue weighted by Crippen LogP contribution is 1.83. The van der Waals surface area contributed by atoms with Crippen LogP contribution in [-0.4, -0.2) is 11.8 Å². The van der Waals surface area contributed by atoms with E-state index in [4.69, 9.17) is 4.74 Å². The summed E-state index contributed by atoms with van der Waals surface area (Å²) in [5, 5.41) is 6.16. The lowest BCUT2D eigenvalue weighted by Gasteiger charge is -1.94. The Hall–Kier alpha value is -0.970. The first-order valence-electron chi connectivity index (χ1n) is 2.20. The number of ether oxygens (including phenoxy) is 1. The fourth-order valence-corrected chi connectivity index (χ4v) is 0.321. The van der Waals surface area contributed by atoms with Crippen molar-refractivity contribution < 1.29 is 4.74 Å². The molecule has 0 atom stereocenters. The van der Waals surface area contributed by atoms with Gasteiger partial charge < -0.3 is 10.6 Å². The summed E-state index contributed by atoms with van der Waals surface area (Å²) < 4.78 is 4.70. The van der Waals surface area contributed by atoms with Gasteiger partial charge in [-0.25, -0.2) is 0 Å². The maximum Gasteiger partial charge on any atom is 0.304 e. The Morgan fingerprint density at radius 2 is 2.56 bits per heavy atom. The summed E-state index contributed by atoms with van der Waals surface area (Å²) in [6.07, 6.45) is 1.55. The standard InChI is InChI=1S/C4H7N3OS/c1-2-3-8-4(9)6-7-5/h2H,1,3H2,(H2,5,6,9). The van der Waals surface area contributed by atoms with Crippen LogP contribution in [0.4, 0.5) is 0 Å². The molecule has 0 rings (SSSR count). The molecule has 2 N–H and O–H groups in total. The van der Waals surface area contributed by atoms with Gasteiger partial charge in [0.2, 0.25) is 0 Å². The van der Waals surface area contributed by atoms with Crippen LogP contribution in [0.2, 0.25) is 0 Å². The molecular formula is C4H7N3OS. The van der Waals surface area contributed by atoms with E-state index in [0.29, 0.717) is 6.61 Å². The van der Waals surface area contributed by atoms with Crippen molar-refractivity contribution in [2.75, 3.05) is 6.61 Å². The molecular weight excluding hydrogens is 138 g/mol. The average molecular weight is 145 g/mol. The molecule has 0 aliphatic rings. The van der Waals surface area contributed by atoms with E-state index in [0.717, 1.165) is 0 Å². The van der Waals surface area contributed by atoms with Crippen LogP contribution in [0.5, 0.6) is 0 Å². The molecule has 0 aromatic rings. The van der Waals surface area contributed by atoms with Crippen LogP contribution in [0, 0.1) is 0 Å². The van der Waals surface area contributed by atoms with Gasteiger partial charge in [-0.3, -0.25) is 0 Å². The molecule has 0 aromatic carbocycles. The highest BCUT2D eigenvalue weighted by atomic mass is 32.1. The first-order valence-corrected chi connectivity index (χ1v) is 2.60. The van der Waals surface area contributed by atoms with Crippen molar-refractivity contribution in [2.24, 2.45) is 16.2 Å². The molecule has 5 heteroatoms. The smallest absolute Gasteiger partial charge is 0.304 e. The van der Waals surface area contributed by atoms with Gasteiger partial charge in [0.1, 0.15) is 6.61 Å². The van der Waals surface area contributed by atoms with Crippen LogP contribution in [0.1, 0.15) is 0 Å². The van der Waals surface area contributed by atoms with Crippen molar-refractivity contribution in [1.82, 2.24) is 0 Å². The van der Waals surface area contributed by atoms with E-state index in [9.17, 15) is 0 Å². The summed E-state index contributed by atoms with van der Waals surface area (Å²) in [6.45, 7) is 3.74. The molecule has 0 aliphatic carbocycles. The minimum Gasteiger partial charge on any atom is -0.464 e. The summed E-state index contributed by atoms with van der Waals surface area (Å²) >= 11 is 4.51. The number of nitrogens with zero attached hydrogens (tertiary/aromatic N) is 2. The molecule has 0 aromatic heterocycles. The van der Waals surface area contributed by atoms with Gasteiger partial charge in [-0.05, 0) is 12.2 Å². The molecule has 0 amide bonds. The third-order valence-electron chi connectivity index (χ3n) is 0.464. The van der Waals surface area contributed by atoms with Gasteiger partial charge in [-0.15, -0.1) is 0 Å². The van der Waals surface area contributed by atoms with Crippen molar-refractivity contribution in [3.63, 3.8) is 0 Å². The van der Waals surface area contributed by atoms with E-state index in [1.807, 2.05) is 0 Å². The summed E-state index contributed by atoms with van der Waals surface area (Å²) in [4.78, 5) is 0. The van der Waals surface area contributed by atoms with Crippen molar-refractivity contribution in [1.29, 1.82) is 0 Å². The second-order valence-corrected chi connectivity index (χ2v) is 1.43. The molecule has 0 aliphatic heterocycles. The fourth-order valence-electron chi connectivity index (χ4n) is 0.206. The van der Waals surface area contributed by atoms with E-state index in [-0.39, 0.29) is 5.17 Å². The first kappa shape index (κ1) is 8.03. The summed E-state index contributed by atoms with van der Waals surface area (Å²) in [6, 6.07) is 0. The Balaban J connectivity index is 3.38. The third-order valence-corrected chi connectivity index (χ3v) is 0.664. The number of nitrogens with two attached hydrogens (primary N) is 1. The molecule has 0 radical (unpaired) electrons. The lowest BCUT2D eigenvalue weighted by atomic mass is 10.7. The maximum absolute atomic E-state index is 4.70. The Morgan fingerprint density at radius 1 is 1.89 bits per heavy atom. The summed E-state index contributed by atoms with van der Waals surface area (Å²) in [5.74, 6) is 4.67. The van der Waals surface area contributed by atoms with Crippen LogP contribution in [0.3, 0.4) is 0 Å². The summed E-state index contributed by atoms with van der Waals surface area (Å²) in [5.41, 5.74) is 0. The van der Waals surface area contributed by atoms with E-state index < -0.39 is 0 Å². The lowest BCUT2D eigenvalue weighted by molar-refractivity contribution is 0.353. The molecule has 0 fully saturated rings.